The molecular formula is C13H15N. The second-order valence-electron chi connectivity index (χ2n) is 3.72. The van der Waals surface area contributed by atoms with Gasteiger partial charge in [0, 0.05) is 6.54 Å². The van der Waals surface area contributed by atoms with E-state index in [0.29, 0.717) is 6.54 Å². The Labute approximate surface area is 84.5 Å². The molecule has 1 nitrogen and oxygen atoms in total. The van der Waals surface area contributed by atoms with Crippen LogP contribution in [0.5, 0.6) is 0 Å². The molecule has 0 atom stereocenters. The number of rotatable bonds is 1. The molecule has 72 valence electrons. The molecule has 0 saturated heterocycles. The van der Waals surface area contributed by atoms with Crippen LogP contribution in [0.25, 0.3) is 10.8 Å². The van der Waals surface area contributed by atoms with Gasteiger partial charge in [0.1, 0.15) is 0 Å². The summed E-state index contributed by atoms with van der Waals surface area (Å²) in [4.78, 5) is 0. The number of aryl methyl sites for hydroxylation is 2. The average molecular weight is 185 g/mol. The molecule has 0 aliphatic carbocycles. The van der Waals surface area contributed by atoms with Crippen LogP contribution >= 0.6 is 0 Å². The van der Waals surface area contributed by atoms with Crippen LogP contribution in [-0.4, -0.2) is 0 Å². The SMILES string of the molecule is Cc1cc2ccccc2c(C)c1CN. The van der Waals surface area contributed by atoms with Crippen LogP contribution in [0.4, 0.5) is 0 Å². The van der Waals surface area contributed by atoms with Crippen molar-refractivity contribution in [3.8, 4) is 0 Å². The monoisotopic (exact) mass is 185 g/mol. The molecule has 0 aliphatic rings. The van der Waals surface area contributed by atoms with E-state index in [1.165, 1.54) is 27.5 Å². The first kappa shape index (κ1) is 9.22. The smallest absolute Gasteiger partial charge is 0.0183 e. The van der Waals surface area contributed by atoms with Crippen LogP contribution in [0.15, 0.2) is 30.3 Å². The molecule has 0 bridgehead atoms. The highest BCUT2D eigenvalue weighted by atomic mass is 14.5. The van der Waals surface area contributed by atoms with Crippen molar-refractivity contribution in [1.82, 2.24) is 0 Å². The maximum atomic E-state index is 5.74. The Morgan fingerprint density at radius 3 is 2.57 bits per heavy atom. The molecule has 14 heavy (non-hydrogen) atoms. The normalized spacial score (nSPS) is 10.8. The van der Waals surface area contributed by atoms with Crippen LogP contribution in [0.2, 0.25) is 0 Å². The van der Waals surface area contributed by atoms with Gasteiger partial charge in [0.2, 0.25) is 0 Å². The first-order valence-electron chi connectivity index (χ1n) is 4.92. The van der Waals surface area contributed by atoms with Gasteiger partial charge in [-0.15, -0.1) is 0 Å². The van der Waals surface area contributed by atoms with Gasteiger partial charge in [-0.2, -0.15) is 0 Å². The van der Waals surface area contributed by atoms with Gasteiger partial charge in [0.15, 0.2) is 0 Å². The molecule has 0 aliphatic heterocycles. The van der Waals surface area contributed by atoms with Crippen molar-refractivity contribution in [2.24, 2.45) is 5.73 Å². The highest BCUT2D eigenvalue weighted by Crippen LogP contribution is 2.24. The molecule has 0 spiro atoms. The molecule has 2 aromatic carbocycles. The minimum absolute atomic E-state index is 0.627. The van der Waals surface area contributed by atoms with Crippen LogP contribution in [-0.2, 0) is 6.54 Å². The summed E-state index contributed by atoms with van der Waals surface area (Å²) in [6, 6.07) is 10.7. The number of hydrogen-bond donors (Lipinski definition) is 1. The molecule has 0 heterocycles. The summed E-state index contributed by atoms with van der Waals surface area (Å²) in [7, 11) is 0. The Bertz CT molecular complexity index is 472. The van der Waals surface area contributed by atoms with Crippen molar-refractivity contribution in [3.05, 3.63) is 47.0 Å². The van der Waals surface area contributed by atoms with E-state index in [4.69, 9.17) is 5.73 Å². The maximum Gasteiger partial charge on any atom is 0.0183 e. The van der Waals surface area contributed by atoms with Gasteiger partial charge in [0.05, 0.1) is 0 Å². The molecule has 1 heteroatoms. The molecule has 0 aromatic heterocycles. The van der Waals surface area contributed by atoms with E-state index < -0.39 is 0 Å². The molecular weight excluding hydrogens is 170 g/mol. The van der Waals surface area contributed by atoms with Gasteiger partial charge in [-0.25, -0.2) is 0 Å². The molecule has 2 rings (SSSR count). The quantitative estimate of drug-likeness (QED) is 0.726. The predicted molar refractivity (Wildman–Crippen MR) is 61.3 cm³/mol. The fourth-order valence-corrected chi connectivity index (χ4v) is 2.06. The summed E-state index contributed by atoms with van der Waals surface area (Å²) in [5.41, 5.74) is 9.64. The first-order valence-corrected chi connectivity index (χ1v) is 4.92. The van der Waals surface area contributed by atoms with Crippen molar-refractivity contribution in [2.45, 2.75) is 20.4 Å². The third-order valence-corrected chi connectivity index (χ3v) is 2.87. The topological polar surface area (TPSA) is 26.0 Å². The number of nitrogens with two attached hydrogens (primary N) is 1. The highest BCUT2D eigenvalue weighted by Gasteiger charge is 2.04. The van der Waals surface area contributed by atoms with Crippen LogP contribution < -0.4 is 5.73 Å². The van der Waals surface area contributed by atoms with Gasteiger partial charge >= 0.3 is 0 Å². The van der Waals surface area contributed by atoms with Crippen LogP contribution in [0.1, 0.15) is 16.7 Å². The predicted octanol–water partition coefficient (Wildman–Crippen LogP) is 2.92. The Morgan fingerprint density at radius 1 is 1.14 bits per heavy atom. The van der Waals surface area contributed by atoms with Gasteiger partial charge in [-0.1, -0.05) is 30.3 Å². The maximum absolute atomic E-state index is 5.74. The Kier molecular flexibility index (Phi) is 2.26. The molecule has 0 fully saturated rings. The van der Waals surface area contributed by atoms with Gasteiger partial charge in [-0.05, 0) is 41.3 Å². The lowest BCUT2D eigenvalue weighted by Gasteiger charge is -2.11. The zero-order valence-electron chi connectivity index (χ0n) is 8.67. The van der Waals surface area contributed by atoms with Crippen molar-refractivity contribution in [1.29, 1.82) is 0 Å². The average Bonchev–Trinajstić information content (AvgIpc) is 2.18. The van der Waals surface area contributed by atoms with Crippen molar-refractivity contribution < 1.29 is 0 Å². The number of hydrogen-bond acceptors (Lipinski definition) is 1. The van der Waals surface area contributed by atoms with E-state index in [0.717, 1.165) is 0 Å². The van der Waals surface area contributed by atoms with E-state index in [2.05, 4.69) is 44.2 Å². The highest BCUT2D eigenvalue weighted by molar-refractivity contribution is 5.87. The lowest BCUT2D eigenvalue weighted by atomic mass is 9.96. The fourth-order valence-electron chi connectivity index (χ4n) is 2.06. The Morgan fingerprint density at radius 2 is 1.86 bits per heavy atom. The lowest BCUT2D eigenvalue weighted by molar-refractivity contribution is 1.04. The summed E-state index contributed by atoms with van der Waals surface area (Å²) in [5.74, 6) is 0. The summed E-state index contributed by atoms with van der Waals surface area (Å²) in [5, 5.41) is 2.62. The van der Waals surface area contributed by atoms with Crippen LogP contribution in [0, 0.1) is 13.8 Å². The summed E-state index contributed by atoms with van der Waals surface area (Å²) in [6.45, 7) is 4.90. The van der Waals surface area contributed by atoms with E-state index in [9.17, 15) is 0 Å². The Balaban J connectivity index is 2.86. The standard InChI is InChI=1S/C13H15N/c1-9-7-11-5-3-4-6-12(11)10(2)13(9)8-14/h3-7H,8,14H2,1-2H3. The minimum Gasteiger partial charge on any atom is -0.326 e. The molecule has 0 unspecified atom stereocenters. The summed E-state index contributed by atoms with van der Waals surface area (Å²) >= 11 is 0. The Hall–Kier alpha value is -1.34. The van der Waals surface area contributed by atoms with E-state index in [1.807, 2.05) is 0 Å². The van der Waals surface area contributed by atoms with Crippen molar-refractivity contribution in [2.75, 3.05) is 0 Å². The summed E-state index contributed by atoms with van der Waals surface area (Å²) < 4.78 is 0. The van der Waals surface area contributed by atoms with E-state index >= 15 is 0 Å². The van der Waals surface area contributed by atoms with Crippen molar-refractivity contribution in [3.63, 3.8) is 0 Å². The largest absolute Gasteiger partial charge is 0.326 e. The third kappa shape index (κ3) is 1.30. The molecule has 2 aromatic rings. The second kappa shape index (κ2) is 3.43. The first-order chi connectivity index (χ1) is 6.74. The third-order valence-electron chi connectivity index (χ3n) is 2.87. The van der Waals surface area contributed by atoms with E-state index in [-0.39, 0.29) is 0 Å². The molecule has 0 saturated carbocycles. The number of fused-ring (bicyclic) bond motifs is 1. The van der Waals surface area contributed by atoms with Gasteiger partial charge in [-0.3, -0.25) is 0 Å². The zero-order chi connectivity index (χ0) is 10.1. The molecule has 0 radical (unpaired) electrons. The van der Waals surface area contributed by atoms with Crippen molar-refractivity contribution >= 4 is 10.8 Å². The molecule has 2 N–H and O–H groups in total. The number of benzene rings is 2. The molecule has 0 amide bonds. The zero-order valence-corrected chi connectivity index (χ0v) is 8.67. The lowest BCUT2D eigenvalue weighted by Crippen LogP contribution is -2.02. The van der Waals surface area contributed by atoms with Gasteiger partial charge < -0.3 is 5.73 Å². The summed E-state index contributed by atoms with van der Waals surface area (Å²) in [6.07, 6.45) is 0. The minimum atomic E-state index is 0.627. The second-order valence-corrected chi connectivity index (χ2v) is 3.72. The van der Waals surface area contributed by atoms with Gasteiger partial charge in [0.25, 0.3) is 0 Å². The van der Waals surface area contributed by atoms with E-state index in [1.54, 1.807) is 0 Å². The van der Waals surface area contributed by atoms with Crippen LogP contribution in [0.3, 0.4) is 0 Å². The fraction of sp³-hybridized carbons (Fsp3) is 0.231.